The lowest BCUT2D eigenvalue weighted by Gasteiger charge is -2.30. The number of carboxylic acids is 1. The van der Waals surface area contributed by atoms with Crippen LogP contribution in [-0.4, -0.2) is 173 Å². The zero-order chi connectivity index (χ0) is 37.8. The lowest BCUT2D eigenvalue weighted by Crippen LogP contribution is -2.41. The minimum Gasteiger partial charge on any atom is -0.481 e. The van der Waals surface area contributed by atoms with E-state index in [2.05, 4.69) is 36.2 Å². The summed E-state index contributed by atoms with van der Waals surface area (Å²) in [6.45, 7) is 14.8. The number of rotatable bonds is 37. The van der Waals surface area contributed by atoms with Gasteiger partial charge >= 0.3 is 5.97 Å². The van der Waals surface area contributed by atoms with E-state index in [-0.39, 0.29) is 24.3 Å². The van der Waals surface area contributed by atoms with Crippen LogP contribution in [0.3, 0.4) is 0 Å². The molecule has 52 heavy (non-hydrogen) atoms. The summed E-state index contributed by atoms with van der Waals surface area (Å²) in [4.78, 5) is 35.8. The molecule has 0 aliphatic heterocycles. The highest BCUT2D eigenvalue weighted by atomic mass is 16.6. The van der Waals surface area contributed by atoms with Gasteiger partial charge in [-0.1, -0.05) is 26.0 Å². The fourth-order valence-corrected chi connectivity index (χ4v) is 5.01. The number of ether oxygens (including phenoxy) is 9. The summed E-state index contributed by atoms with van der Waals surface area (Å²) in [7, 11) is 0. The minimum atomic E-state index is -0.884. The third kappa shape index (κ3) is 29.4. The molecule has 0 aromatic heterocycles. The van der Waals surface area contributed by atoms with Crippen molar-refractivity contribution in [3.63, 3.8) is 0 Å². The Morgan fingerprint density at radius 3 is 1.62 bits per heavy atom. The fourth-order valence-electron chi connectivity index (χ4n) is 5.01. The number of aldehydes is 1. The summed E-state index contributed by atoms with van der Waals surface area (Å²) in [5, 5.41) is 11.7. The molecule has 1 rings (SSSR count). The summed E-state index contributed by atoms with van der Waals surface area (Å²) in [5.74, 6) is -0.259. The van der Waals surface area contributed by atoms with E-state index in [4.69, 9.17) is 47.7 Å². The minimum absolute atomic E-state index is 0.0195. The van der Waals surface area contributed by atoms with Crippen molar-refractivity contribution in [2.45, 2.75) is 52.4 Å². The van der Waals surface area contributed by atoms with E-state index in [0.717, 1.165) is 32.0 Å². The second-order valence-corrected chi connectivity index (χ2v) is 12.8. The molecule has 2 atom stereocenters. The number of nitrogens with zero attached hydrogens (tertiary/aromatic N) is 1. The topological polar surface area (TPSA) is 170 Å². The third-order valence-electron chi connectivity index (χ3n) is 8.29. The number of nitrogens with one attached hydrogen (secondary N) is 1. The lowest BCUT2D eigenvalue weighted by molar-refractivity contribution is -0.138. The molecule has 1 aliphatic carbocycles. The molecule has 0 saturated carbocycles. The molecule has 0 fully saturated rings. The van der Waals surface area contributed by atoms with Crippen LogP contribution in [0.25, 0.3) is 0 Å². The Kier molecular flexibility index (Phi) is 32.0. The SMILES string of the molecule is CC1/C=C/CCC(C)(C(=O)NCCOCCOCCOCCN(CCOCCOCCOCCC=O)CCOCCOCCOCCC(=O)O)CC1. The number of hydrogen-bond acceptors (Lipinski definition) is 13. The number of carbonyl (C=O) groups excluding carboxylic acids is 2. The number of hydrogen-bond donors (Lipinski definition) is 2. The Bertz CT molecular complexity index is 898. The van der Waals surface area contributed by atoms with Gasteiger partial charge in [0.2, 0.25) is 5.91 Å². The van der Waals surface area contributed by atoms with Gasteiger partial charge in [0.25, 0.3) is 0 Å². The molecule has 0 radical (unpaired) electrons. The second-order valence-electron chi connectivity index (χ2n) is 12.8. The highest BCUT2D eigenvalue weighted by molar-refractivity contribution is 5.82. The summed E-state index contributed by atoms with van der Waals surface area (Å²) in [6.07, 6.45) is 9.38. The predicted molar refractivity (Wildman–Crippen MR) is 195 cm³/mol. The van der Waals surface area contributed by atoms with E-state index < -0.39 is 5.97 Å². The summed E-state index contributed by atoms with van der Waals surface area (Å²) >= 11 is 0. The van der Waals surface area contributed by atoms with Crippen LogP contribution in [0.2, 0.25) is 0 Å². The first kappa shape index (κ1) is 48.0. The predicted octanol–water partition coefficient (Wildman–Crippen LogP) is 2.39. The molecule has 0 saturated heterocycles. The maximum Gasteiger partial charge on any atom is 0.305 e. The average Bonchev–Trinajstić information content (AvgIpc) is 3.12. The number of aliphatic carboxylic acids is 1. The van der Waals surface area contributed by atoms with E-state index in [9.17, 15) is 14.4 Å². The number of carbonyl (C=O) groups is 3. The van der Waals surface area contributed by atoms with E-state index in [0.29, 0.717) is 151 Å². The molecule has 0 heterocycles. The van der Waals surface area contributed by atoms with Gasteiger partial charge in [-0.15, -0.1) is 0 Å². The van der Waals surface area contributed by atoms with Crippen LogP contribution in [-0.2, 0) is 57.0 Å². The maximum atomic E-state index is 12.8. The van der Waals surface area contributed by atoms with Gasteiger partial charge < -0.3 is 57.8 Å². The molecule has 1 amide bonds. The van der Waals surface area contributed by atoms with Crippen LogP contribution in [0.15, 0.2) is 12.2 Å². The van der Waals surface area contributed by atoms with Crippen molar-refractivity contribution >= 4 is 18.2 Å². The molecular weight excluding hydrogens is 680 g/mol. The normalized spacial score (nSPS) is 18.2. The molecule has 15 heteroatoms. The van der Waals surface area contributed by atoms with Crippen molar-refractivity contribution in [2.75, 3.05) is 145 Å². The van der Waals surface area contributed by atoms with Gasteiger partial charge in [-0.3, -0.25) is 14.5 Å². The lowest BCUT2D eigenvalue weighted by atomic mass is 9.77. The van der Waals surface area contributed by atoms with Gasteiger partial charge in [-0.25, -0.2) is 0 Å². The Morgan fingerprint density at radius 2 is 1.13 bits per heavy atom. The molecule has 2 unspecified atom stereocenters. The highest BCUT2D eigenvalue weighted by Crippen LogP contribution is 2.33. The number of allylic oxidation sites excluding steroid dienone is 2. The molecular formula is C37H68N2O13. The Labute approximate surface area is 311 Å². The standard InChI is InChI=1S/C37H68N2O13/c1-34-6-3-4-9-37(2,10-7-34)36(43)38-11-18-46-24-30-52-33-27-49-21-14-39(12-19-47-25-31-50-28-22-44-16-5-15-40)13-20-48-26-32-51-29-23-45-17-8-35(41)42/h3,6,15,34H,4-5,7-14,16-33H2,1-2H3,(H,38,43)(H,41,42)/b6-3+. The van der Waals surface area contributed by atoms with Crippen molar-refractivity contribution < 1.29 is 62.1 Å². The van der Waals surface area contributed by atoms with Crippen molar-refractivity contribution in [2.24, 2.45) is 11.3 Å². The largest absolute Gasteiger partial charge is 0.481 e. The van der Waals surface area contributed by atoms with Crippen LogP contribution in [0.4, 0.5) is 0 Å². The number of amides is 1. The molecule has 304 valence electrons. The molecule has 15 nitrogen and oxygen atoms in total. The van der Waals surface area contributed by atoms with Gasteiger partial charge in [-0.05, 0) is 31.6 Å². The van der Waals surface area contributed by atoms with Crippen molar-refractivity contribution in [3.05, 3.63) is 12.2 Å². The zero-order valence-corrected chi connectivity index (χ0v) is 31.9. The van der Waals surface area contributed by atoms with E-state index in [1.54, 1.807) is 0 Å². The van der Waals surface area contributed by atoms with E-state index >= 15 is 0 Å². The van der Waals surface area contributed by atoms with Crippen molar-refractivity contribution in [1.82, 2.24) is 10.2 Å². The van der Waals surface area contributed by atoms with Crippen LogP contribution >= 0.6 is 0 Å². The first-order chi connectivity index (χ1) is 25.4. The maximum absolute atomic E-state index is 12.8. The second kappa shape index (κ2) is 34.7. The van der Waals surface area contributed by atoms with Crippen molar-refractivity contribution in [3.8, 4) is 0 Å². The van der Waals surface area contributed by atoms with Crippen LogP contribution in [0.5, 0.6) is 0 Å². The summed E-state index contributed by atoms with van der Waals surface area (Å²) < 4.78 is 49.9. The van der Waals surface area contributed by atoms with Gasteiger partial charge in [0.05, 0.1) is 125 Å². The Morgan fingerprint density at radius 1 is 0.692 bits per heavy atom. The molecule has 0 spiro atoms. The summed E-state index contributed by atoms with van der Waals surface area (Å²) in [5.41, 5.74) is -0.327. The van der Waals surface area contributed by atoms with Crippen LogP contribution < -0.4 is 5.32 Å². The Hall–Kier alpha value is -2.05. The first-order valence-electron chi connectivity index (χ1n) is 18.9. The van der Waals surface area contributed by atoms with Gasteiger partial charge in [0, 0.05) is 38.0 Å². The molecule has 0 bridgehead atoms. The molecule has 1 aliphatic rings. The average molecular weight is 749 g/mol. The molecule has 0 aromatic carbocycles. The quantitative estimate of drug-likeness (QED) is 0.0540. The van der Waals surface area contributed by atoms with Crippen LogP contribution in [0, 0.1) is 11.3 Å². The third-order valence-corrected chi connectivity index (χ3v) is 8.29. The molecule has 2 N–H and O–H groups in total. The van der Waals surface area contributed by atoms with E-state index in [1.807, 2.05) is 0 Å². The van der Waals surface area contributed by atoms with Gasteiger partial charge in [0.1, 0.15) is 6.29 Å². The van der Waals surface area contributed by atoms with Gasteiger partial charge in [-0.2, -0.15) is 0 Å². The monoisotopic (exact) mass is 748 g/mol. The molecule has 0 aromatic rings. The highest BCUT2D eigenvalue weighted by Gasteiger charge is 2.32. The number of carboxylic acid groups (broad SMARTS) is 1. The van der Waals surface area contributed by atoms with Crippen LogP contribution in [0.1, 0.15) is 52.4 Å². The fraction of sp³-hybridized carbons (Fsp3) is 0.865. The smallest absolute Gasteiger partial charge is 0.305 e. The first-order valence-corrected chi connectivity index (χ1v) is 18.9. The van der Waals surface area contributed by atoms with E-state index in [1.165, 1.54) is 0 Å². The zero-order valence-electron chi connectivity index (χ0n) is 31.9. The Balaban J connectivity index is 2.13. The summed E-state index contributed by atoms with van der Waals surface area (Å²) in [6, 6.07) is 0. The van der Waals surface area contributed by atoms with Crippen molar-refractivity contribution in [1.29, 1.82) is 0 Å². The van der Waals surface area contributed by atoms with Gasteiger partial charge in [0.15, 0.2) is 0 Å².